The van der Waals surface area contributed by atoms with E-state index in [1.165, 1.54) is 0 Å². The molecule has 0 aliphatic carbocycles. The zero-order chi connectivity index (χ0) is 17.9. The molecule has 1 fully saturated rings. The SMILES string of the molecule is COc1cccc2c1OC[C@H](C(=O)N1CCN(c3ccncc3)CC1)C2. The first kappa shape index (κ1) is 16.7. The molecule has 1 amide bonds. The van der Waals surface area contributed by atoms with Crippen LogP contribution in [0.4, 0.5) is 5.69 Å². The van der Waals surface area contributed by atoms with E-state index in [1.807, 2.05) is 35.2 Å². The molecule has 1 aromatic heterocycles. The smallest absolute Gasteiger partial charge is 0.229 e. The van der Waals surface area contributed by atoms with Crippen molar-refractivity contribution in [2.24, 2.45) is 5.92 Å². The first-order chi connectivity index (χ1) is 12.8. The number of aromatic nitrogens is 1. The topological polar surface area (TPSA) is 54.9 Å². The molecule has 0 unspecified atom stereocenters. The van der Waals surface area contributed by atoms with Crippen molar-refractivity contribution in [2.45, 2.75) is 6.42 Å². The predicted octanol–water partition coefficient (Wildman–Crippen LogP) is 1.99. The molecule has 1 aromatic carbocycles. The third-order valence-electron chi connectivity index (χ3n) is 5.14. The predicted molar refractivity (Wildman–Crippen MR) is 98.7 cm³/mol. The molecule has 2 aromatic rings. The zero-order valence-electron chi connectivity index (χ0n) is 14.9. The van der Waals surface area contributed by atoms with Crippen molar-refractivity contribution in [1.29, 1.82) is 0 Å². The van der Waals surface area contributed by atoms with Crippen molar-refractivity contribution in [3.8, 4) is 11.5 Å². The number of ether oxygens (including phenoxy) is 2. The van der Waals surface area contributed by atoms with Gasteiger partial charge in [-0.15, -0.1) is 0 Å². The molecule has 1 atom stereocenters. The summed E-state index contributed by atoms with van der Waals surface area (Å²) in [6, 6.07) is 9.87. The standard InChI is InChI=1S/C20H23N3O3/c1-25-18-4-2-3-15-13-16(14-26-19(15)18)20(24)23-11-9-22(10-12-23)17-5-7-21-8-6-17/h2-8,16H,9-14H2,1H3/t16-/m1/s1. The highest BCUT2D eigenvalue weighted by Crippen LogP contribution is 2.36. The second-order valence-electron chi connectivity index (χ2n) is 6.68. The van der Waals surface area contributed by atoms with Gasteiger partial charge in [0.25, 0.3) is 0 Å². The molecule has 136 valence electrons. The number of fused-ring (bicyclic) bond motifs is 1. The molecule has 4 rings (SSSR count). The lowest BCUT2D eigenvalue weighted by atomic mass is 9.95. The number of hydrogen-bond acceptors (Lipinski definition) is 5. The van der Waals surface area contributed by atoms with Gasteiger partial charge in [0.15, 0.2) is 11.5 Å². The fourth-order valence-corrected chi connectivity index (χ4v) is 3.71. The zero-order valence-corrected chi connectivity index (χ0v) is 14.9. The quantitative estimate of drug-likeness (QED) is 0.845. The highest BCUT2D eigenvalue weighted by molar-refractivity contribution is 5.80. The lowest BCUT2D eigenvalue weighted by Gasteiger charge is -2.38. The van der Waals surface area contributed by atoms with Crippen LogP contribution in [0.15, 0.2) is 42.7 Å². The monoisotopic (exact) mass is 353 g/mol. The Morgan fingerprint density at radius 2 is 1.92 bits per heavy atom. The van der Waals surface area contributed by atoms with E-state index in [2.05, 4.69) is 9.88 Å². The van der Waals surface area contributed by atoms with Gasteiger partial charge in [0.1, 0.15) is 6.61 Å². The molecule has 26 heavy (non-hydrogen) atoms. The summed E-state index contributed by atoms with van der Waals surface area (Å²) in [5.41, 5.74) is 2.21. The maximum absolute atomic E-state index is 12.9. The van der Waals surface area contributed by atoms with Gasteiger partial charge in [0.2, 0.25) is 5.91 Å². The van der Waals surface area contributed by atoms with Gasteiger partial charge in [-0.3, -0.25) is 9.78 Å². The van der Waals surface area contributed by atoms with Crippen LogP contribution in [0.25, 0.3) is 0 Å². The van der Waals surface area contributed by atoms with Crippen molar-refractivity contribution in [2.75, 3.05) is 44.8 Å². The maximum Gasteiger partial charge on any atom is 0.229 e. The van der Waals surface area contributed by atoms with Gasteiger partial charge in [-0.2, -0.15) is 0 Å². The average Bonchev–Trinajstić information content (AvgIpc) is 2.73. The molecule has 0 bridgehead atoms. The van der Waals surface area contributed by atoms with E-state index in [0.29, 0.717) is 13.0 Å². The van der Waals surface area contributed by atoms with Crippen molar-refractivity contribution in [3.05, 3.63) is 48.3 Å². The Labute approximate surface area is 153 Å². The van der Waals surface area contributed by atoms with Crippen LogP contribution in [0.3, 0.4) is 0 Å². The van der Waals surface area contributed by atoms with Crippen LogP contribution in [0.2, 0.25) is 0 Å². The largest absolute Gasteiger partial charge is 0.493 e. The molecule has 2 aliphatic rings. The minimum absolute atomic E-state index is 0.123. The van der Waals surface area contributed by atoms with E-state index in [1.54, 1.807) is 19.5 Å². The number of pyridine rings is 1. The first-order valence-electron chi connectivity index (χ1n) is 8.98. The van der Waals surface area contributed by atoms with Gasteiger partial charge in [-0.1, -0.05) is 12.1 Å². The molecular formula is C20H23N3O3. The van der Waals surface area contributed by atoms with Gasteiger partial charge in [0.05, 0.1) is 13.0 Å². The number of carbonyl (C=O) groups excluding carboxylic acids is 1. The summed E-state index contributed by atoms with van der Waals surface area (Å²) in [5, 5.41) is 0. The second-order valence-corrected chi connectivity index (χ2v) is 6.68. The van der Waals surface area contributed by atoms with Crippen LogP contribution in [0.5, 0.6) is 11.5 Å². The van der Waals surface area contributed by atoms with Gasteiger partial charge >= 0.3 is 0 Å². The fourth-order valence-electron chi connectivity index (χ4n) is 3.71. The summed E-state index contributed by atoms with van der Waals surface area (Å²) in [7, 11) is 1.64. The normalized spacial score (nSPS) is 19.5. The summed E-state index contributed by atoms with van der Waals surface area (Å²) in [5.74, 6) is 1.58. The van der Waals surface area contributed by atoms with E-state index in [4.69, 9.17) is 9.47 Å². The summed E-state index contributed by atoms with van der Waals surface area (Å²) in [6.45, 7) is 3.57. The van der Waals surface area contributed by atoms with Crippen LogP contribution in [0.1, 0.15) is 5.56 Å². The Morgan fingerprint density at radius 1 is 1.15 bits per heavy atom. The number of piperazine rings is 1. The molecule has 0 radical (unpaired) electrons. The minimum Gasteiger partial charge on any atom is -0.493 e. The van der Waals surface area contributed by atoms with E-state index in [-0.39, 0.29) is 11.8 Å². The maximum atomic E-state index is 12.9. The van der Waals surface area contributed by atoms with Crippen molar-refractivity contribution in [3.63, 3.8) is 0 Å². The summed E-state index contributed by atoms with van der Waals surface area (Å²) >= 11 is 0. The Balaban J connectivity index is 1.38. The Hall–Kier alpha value is -2.76. The molecule has 0 spiro atoms. The third kappa shape index (κ3) is 3.19. The number of methoxy groups -OCH3 is 1. The molecular weight excluding hydrogens is 330 g/mol. The van der Waals surface area contributed by atoms with Crippen LogP contribution in [0, 0.1) is 5.92 Å². The molecule has 0 N–H and O–H groups in total. The van der Waals surface area contributed by atoms with Crippen molar-refractivity contribution in [1.82, 2.24) is 9.88 Å². The lowest BCUT2D eigenvalue weighted by molar-refractivity contribution is -0.137. The number of nitrogens with zero attached hydrogens (tertiary/aromatic N) is 3. The van der Waals surface area contributed by atoms with Crippen LogP contribution >= 0.6 is 0 Å². The van der Waals surface area contributed by atoms with E-state index in [0.717, 1.165) is 48.9 Å². The molecule has 6 nitrogen and oxygen atoms in total. The molecule has 1 saturated heterocycles. The first-order valence-corrected chi connectivity index (χ1v) is 8.98. The fraction of sp³-hybridized carbons (Fsp3) is 0.400. The summed E-state index contributed by atoms with van der Waals surface area (Å²) in [6.07, 6.45) is 4.31. The highest BCUT2D eigenvalue weighted by atomic mass is 16.5. The third-order valence-corrected chi connectivity index (χ3v) is 5.14. The van der Waals surface area contributed by atoms with Crippen LogP contribution in [-0.4, -0.2) is 55.7 Å². The lowest BCUT2D eigenvalue weighted by Crippen LogP contribution is -2.51. The molecule has 3 heterocycles. The molecule has 0 saturated carbocycles. The number of carbonyl (C=O) groups is 1. The number of para-hydroxylation sites is 1. The van der Waals surface area contributed by atoms with Gasteiger partial charge < -0.3 is 19.3 Å². The molecule has 2 aliphatic heterocycles. The van der Waals surface area contributed by atoms with Crippen LogP contribution in [-0.2, 0) is 11.2 Å². The van der Waals surface area contributed by atoms with Crippen molar-refractivity contribution < 1.29 is 14.3 Å². The average molecular weight is 353 g/mol. The number of benzene rings is 1. The van der Waals surface area contributed by atoms with Gasteiger partial charge in [-0.05, 0) is 30.2 Å². The van der Waals surface area contributed by atoms with Crippen LogP contribution < -0.4 is 14.4 Å². The Bertz CT molecular complexity index is 773. The number of amides is 1. The minimum atomic E-state index is -0.123. The Morgan fingerprint density at radius 3 is 2.65 bits per heavy atom. The summed E-state index contributed by atoms with van der Waals surface area (Å²) in [4.78, 5) is 21.3. The van der Waals surface area contributed by atoms with Crippen molar-refractivity contribution >= 4 is 11.6 Å². The second kappa shape index (κ2) is 7.23. The molecule has 6 heteroatoms. The highest BCUT2D eigenvalue weighted by Gasteiger charge is 2.32. The number of anilines is 1. The van der Waals surface area contributed by atoms with E-state index >= 15 is 0 Å². The van der Waals surface area contributed by atoms with E-state index in [9.17, 15) is 4.79 Å². The van der Waals surface area contributed by atoms with Gasteiger partial charge in [-0.25, -0.2) is 0 Å². The van der Waals surface area contributed by atoms with E-state index < -0.39 is 0 Å². The number of hydrogen-bond donors (Lipinski definition) is 0. The summed E-state index contributed by atoms with van der Waals surface area (Å²) < 4.78 is 11.2. The Kier molecular flexibility index (Phi) is 4.65. The van der Waals surface area contributed by atoms with Gasteiger partial charge in [0, 0.05) is 44.3 Å². The number of rotatable bonds is 3.